The van der Waals surface area contributed by atoms with Crippen LogP contribution in [0.25, 0.3) is 0 Å². The van der Waals surface area contributed by atoms with E-state index in [0.717, 1.165) is 32.2 Å². The number of hydrogen-bond acceptors (Lipinski definition) is 2. The number of hydrogen-bond donors (Lipinski definition) is 1. The molecule has 0 saturated carbocycles. The molecule has 1 saturated heterocycles. The summed E-state index contributed by atoms with van der Waals surface area (Å²) in [5.74, 6) is 0.820. The molecule has 2 nitrogen and oxygen atoms in total. The first kappa shape index (κ1) is 12.7. The Hall–Kier alpha value is -0.340. The first-order valence-electron chi connectivity index (χ1n) is 6.12. The third-order valence-electron chi connectivity index (χ3n) is 3.37. The third-order valence-corrected chi connectivity index (χ3v) is 3.37. The molecule has 1 heterocycles. The van der Waals surface area contributed by atoms with Gasteiger partial charge in [0.15, 0.2) is 0 Å². The largest absolute Gasteiger partial charge is 0.381 e. The average Bonchev–Trinajstić information content (AvgIpc) is 2.28. The van der Waals surface area contributed by atoms with Crippen molar-refractivity contribution in [2.45, 2.75) is 33.1 Å². The van der Waals surface area contributed by atoms with Gasteiger partial charge in [0.1, 0.15) is 0 Å². The van der Waals surface area contributed by atoms with Gasteiger partial charge in [0.2, 0.25) is 0 Å². The van der Waals surface area contributed by atoms with Gasteiger partial charge in [0.05, 0.1) is 0 Å². The zero-order valence-corrected chi connectivity index (χ0v) is 10.2. The first-order chi connectivity index (χ1) is 7.20. The molecule has 0 aromatic rings. The van der Waals surface area contributed by atoms with E-state index < -0.39 is 0 Å². The molecule has 0 spiro atoms. The molecule has 15 heavy (non-hydrogen) atoms. The van der Waals surface area contributed by atoms with Crippen LogP contribution in [0.4, 0.5) is 0 Å². The lowest BCUT2D eigenvalue weighted by Crippen LogP contribution is -2.33. The van der Waals surface area contributed by atoms with Gasteiger partial charge < -0.3 is 10.1 Å². The van der Waals surface area contributed by atoms with Crippen molar-refractivity contribution in [3.05, 3.63) is 12.7 Å². The Morgan fingerprint density at radius 3 is 2.67 bits per heavy atom. The molecule has 1 N–H and O–H groups in total. The van der Waals surface area contributed by atoms with Gasteiger partial charge >= 0.3 is 0 Å². The molecule has 0 aliphatic carbocycles. The van der Waals surface area contributed by atoms with Gasteiger partial charge in [-0.1, -0.05) is 19.9 Å². The Labute approximate surface area is 94.1 Å². The maximum Gasteiger partial charge on any atom is 0.0468 e. The summed E-state index contributed by atoms with van der Waals surface area (Å²) >= 11 is 0. The fourth-order valence-corrected chi connectivity index (χ4v) is 2.25. The fourth-order valence-electron chi connectivity index (χ4n) is 2.25. The molecule has 1 rings (SSSR count). The predicted octanol–water partition coefficient (Wildman–Crippen LogP) is 2.60. The molecule has 1 atom stereocenters. The van der Waals surface area contributed by atoms with Crippen LogP contribution in [0.2, 0.25) is 0 Å². The van der Waals surface area contributed by atoms with E-state index in [9.17, 15) is 0 Å². The van der Waals surface area contributed by atoms with Crippen LogP contribution >= 0.6 is 0 Å². The third kappa shape index (κ3) is 4.35. The summed E-state index contributed by atoms with van der Waals surface area (Å²) < 4.78 is 5.39. The maximum atomic E-state index is 5.39. The quantitative estimate of drug-likeness (QED) is 0.682. The van der Waals surface area contributed by atoms with E-state index in [0.29, 0.717) is 0 Å². The zero-order chi connectivity index (χ0) is 11.1. The van der Waals surface area contributed by atoms with Gasteiger partial charge in [-0.25, -0.2) is 0 Å². The molecule has 0 aromatic carbocycles. The molecule has 1 aliphatic rings. The van der Waals surface area contributed by atoms with Crippen LogP contribution in [-0.2, 0) is 4.74 Å². The molecule has 0 aromatic heterocycles. The van der Waals surface area contributed by atoms with Crippen molar-refractivity contribution in [1.29, 1.82) is 0 Å². The highest BCUT2D eigenvalue weighted by atomic mass is 16.5. The number of nitrogens with one attached hydrogen (secondary N) is 1. The minimum atomic E-state index is 0.248. The van der Waals surface area contributed by atoms with Crippen LogP contribution in [0.15, 0.2) is 12.7 Å². The summed E-state index contributed by atoms with van der Waals surface area (Å²) in [7, 11) is 0. The minimum absolute atomic E-state index is 0.248. The zero-order valence-electron chi connectivity index (χ0n) is 10.2. The van der Waals surface area contributed by atoms with Gasteiger partial charge in [0, 0.05) is 19.8 Å². The van der Waals surface area contributed by atoms with E-state index in [-0.39, 0.29) is 5.41 Å². The Bertz CT molecular complexity index is 187. The maximum absolute atomic E-state index is 5.39. The van der Waals surface area contributed by atoms with Crippen LogP contribution in [-0.4, -0.2) is 26.3 Å². The predicted molar refractivity (Wildman–Crippen MR) is 65.0 cm³/mol. The molecule has 2 heteroatoms. The average molecular weight is 211 g/mol. The van der Waals surface area contributed by atoms with Crippen molar-refractivity contribution in [3.8, 4) is 0 Å². The van der Waals surface area contributed by atoms with Gasteiger partial charge in [0.25, 0.3) is 0 Å². The van der Waals surface area contributed by atoms with E-state index in [1.165, 1.54) is 19.3 Å². The van der Waals surface area contributed by atoms with Crippen molar-refractivity contribution in [2.75, 3.05) is 26.3 Å². The monoisotopic (exact) mass is 211 g/mol. The number of rotatable bonds is 6. The van der Waals surface area contributed by atoms with E-state index in [1.54, 1.807) is 0 Å². The second kappa shape index (κ2) is 6.29. The van der Waals surface area contributed by atoms with E-state index >= 15 is 0 Å². The smallest absolute Gasteiger partial charge is 0.0468 e. The SMILES string of the molecule is C=CC(C)(CNCC)CC1CCOCC1. The van der Waals surface area contributed by atoms with E-state index in [2.05, 4.69) is 31.8 Å². The van der Waals surface area contributed by atoms with Gasteiger partial charge in [-0.3, -0.25) is 0 Å². The second-order valence-electron chi connectivity index (χ2n) is 4.90. The summed E-state index contributed by atoms with van der Waals surface area (Å²) in [6, 6.07) is 0. The summed E-state index contributed by atoms with van der Waals surface area (Å²) in [5, 5.41) is 3.43. The van der Waals surface area contributed by atoms with Crippen molar-refractivity contribution >= 4 is 0 Å². The summed E-state index contributed by atoms with van der Waals surface area (Å²) in [6.45, 7) is 12.4. The molecule has 1 fully saturated rings. The highest BCUT2D eigenvalue weighted by Crippen LogP contribution is 2.31. The van der Waals surface area contributed by atoms with E-state index in [4.69, 9.17) is 4.74 Å². The highest BCUT2D eigenvalue weighted by molar-refractivity contribution is 4.94. The van der Waals surface area contributed by atoms with E-state index in [1.807, 2.05) is 0 Å². The molecular formula is C13H25NO. The lowest BCUT2D eigenvalue weighted by molar-refractivity contribution is 0.0542. The Morgan fingerprint density at radius 2 is 2.13 bits per heavy atom. The molecular weight excluding hydrogens is 186 g/mol. The van der Waals surface area contributed by atoms with Crippen molar-refractivity contribution in [3.63, 3.8) is 0 Å². The van der Waals surface area contributed by atoms with Crippen LogP contribution in [0.1, 0.15) is 33.1 Å². The molecule has 0 radical (unpaired) electrons. The van der Waals surface area contributed by atoms with Gasteiger partial charge in [-0.05, 0) is 37.1 Å². The Morgan fingerprint density at radius 1 is 1.47 bits per heavy atom. The van der Waals surface area contributed by atoms with Crippen LogP contribution < -0.4 is 5.32 Å². The molecule has 1 unspecified atom stereocenters. The molecule has 88 valence electrons. The molecule has 0 bridgehead atoms. The molecule has 1 aliphatic heterocycles. The summed E-state index contributed by atoms with van der Waals surface area (Å²) in [5.41, 5.74) is 0.248. The van der Waals surface area contributed by atoms with Crippen molar-refractivity contribution < 1.29 is 4.74 Å². The van der Waals surface area contributed by atoms with Crippen molar-refractivity contribution in [1.82, 2.24) is 5.32 Å². The molecule has 0 amide bonds. The van der Waals surface area contributed by atoms with Crippen LogP contribution in [0.3, 0.4) is 0 Å². The lowest BCUT2D eigenvalue weighted by atomic mass is 9.78. The van der Waals surface area contributed by atoms with Crippen LogP contribution in [0.5, 0.6) is 0 Å². The van der Waals surface area contributed by atoms with Crippen molar-refractivity contribution in [2.24, 2.45) is 11.3 Å². The van der Waals surface area contributed by atoms with Gasteiger partial charge in [-0.2, -0.15) is 0 Å². The second-order valence-corrected chi connectivity index (χ2v) is 4.90. The highest BCUT2D eigenvalue weighted by Gasteiger charge is 2.25. The van der Waals surface area contributed by atoms with Crippen LogP contribution in [0, 0.1) is 11.3 Å². The topological polar surface area (TPSA) is 21.3 Å². The number of ether oxygens (including phenoxy) is 1. The standard InChI is InChI=1S/C13H25NO/c1-4-13(3,11-14-5-2)10-12-6-8-15-9-7-12/h4,12,14H,1,5-11H2,2-3H3. The lowest BCUT2D eigenvalue weighted by Gasteiger charge is -2.32. The summed E-state index contributed by atoms with van der Waals surface area (Å²) in [6.07, 6.45) is 5.79. The van der Waals surface area contributed by atoms with Gasteiger partial charge in [-0.15, -0.1) is 6.58 Å². The first-order valence-corrected chi connectivity index (χ1v) is 6.12. The normalized spacial score (nSPS) is 22.3. The Kier molecular flexibility index (Phi) is 5.34. The fraction of sp³-hybridized carbons (Fsp3) is 0.846. The summed E-state index contributed by atoms with van der Waals surface area (Å²) in [4.78, 5) is 0. The Balaban J connectivity index is 2.39. The minimum Gasteiger partial charge on any atom is -0.381 e.